The van der Waals surface area contributed by atoms with Crippen molar-refractivity contribution in [2.75, 3.05) is 6.61 Å². The van der Waals surface area contributed by atoms with Crippen LogP contribution in [0.3, 0.4) is 0 Å². The number of esters is 1. The van der Waals surface area contributed by atoms with E-state index in [0.717, 1.165) is 12.0 Å². The molecule has 19 heavy (non-hydrogen) atoms. The summed E-state index contributed by atoms with van der Waals surface area (Å²) in [5.41, 5.74) is 2.23. The van der Waals surface area contributed by atoms with Crippen LogP contribution >= 0.6 is 0 Å². The Bertz CT molecular complexity index is 395. The molecule has 0 saturated carbocycles. The van der Waals surface area contributed by atoms with E-state index in [4.69, 9.17) is 4.74 Å². The maximum Gasteiger partial charge on any atom is 0.335 e. The highest BCUT2D eigenvalue weighted by Crippen LogP contribution is 2.21. The topological polar surface area (TPSA) is 46.5 Å². The monoisotopic (exact) mass is 264 g/mol. The zero-order valence-electron chi connectivity index (χ0n) is 12.2. The SMILES string of the molecule is CCOC(=O)C(O)C(C)c1ccc(CC(C)C)cc1. The molecule has 1 aromatic carbocycles. The molecule has 1 aromatic rings. The summed E-state index contributed by atoms with van der Waals surface area (Å²) in [5.74, 6) is -0.193. The number of rotatable bonds is 6. The van der Waals surface area contributed by atoms with Gasteiger partial charge in [0.25, 0.3) is 0 Å². The Morgan fingerprint density at radius 1 is 1.21 bits per heavy atom. The van der Waals surface area contributed by atoms with E-state index in [9.17, 15) is 9.90 Å². The normalized spacial score (nSPS) is 14.2. The van der Waals surface area contributed by atoms with Crippen molar-refractivity contribution in [3.63, 3.8) is 0 Å². The summed E-state index contributed by atoms with van der Waals surface area (Å²) in [5, 5.41) is 9.91. The van der Waals surface area contributed by atoms with E-state index in [1.165, 1.54) is 5.56 Å². The second-order valence-corrected chi connectivity index (χ2v) is 5.33. The van der Waals surface area contributed by atoms with E-state index in [2.05, 4.69) is 26.0 Å². The minimum atomic E-state index is -1.10. The standard InChI is InChI=1S/C16H24O3/c1-5-19-16(18)15(17)12(4)14-8-6-13(7-9-14)10-11(2)3/h6-9,11-12,15,17H,5,10H2,1-4H3. The summed E-state index contributed by atoms with van der Waals surface area (Å²) in [6.45, 7) is 8.22. The van der Waals surface area contributed by atoms with Crippen LogP contribution < -0.4 is 0 Å². The molecule has 0 radical (unpaired) electrons. The number of hydrogen-bond donors (Lipinski definition) is 1. The Kier molecular flexibility index (Phi) is 6.03. The van der Waals surface area contributed by atoms with Gasteiger partial charge in [-0.1, -0.05) is 45.0 Å². The van der Waals surface area contributed by atoms with Gasteiger partial charge in [-0.15, -0.1) is 0 Å². The quantitative estimate of drug-likeness (QED) is 0.804. The third-order valence-electron chi connectivity index (χ3n) is 3.15. The van der Waals surface area contributed by atoms with Crippen LogP contribution in [-0.2, 0) is 16.0 Å². The van der Waals surface area contributed by atoms with Gasteiger partial charge in [-0.25, -0.2) is 4.79 Å². The van der Waals surface area contributed by atoms with Gasteiger partial charge in [-0.2, -0.15) is 0 Å². The third kappa shape index (κ3) is 4.67. The average molecular weight is 264 g/mol. The highest BCUT2D eigenvalue weighted by atomic mass is 16.5. The molecule has 0 amide bonds. The van der Waals surface area contributed by atoms with Crippen LogP contribution in [0.1, 0.15) is 44.7 Å². The molecule has 0 aliphatic rings. The van der Waals surface area contributed by atoms with Crippen LogP contribution in [-0.4, -0.2) is 23.8 Å². The highest BCUT2D eigenvalue weighted by Gasteiger charge is 2.24. The number of ether oxygens (including phenoxy) is 1. The Labute approximate surface area is 115 Å². The number of aliphatic hydroxyl groups is 1. The lowest BCUT2D eigenvalue weighted by atomic mass is 9.93. The van der Waals surface area contributed by atoms with E-state index in [1.54, 1.807) is 6.92 Å². The number of carbonyl (C=O) groups excluding carboxylic acids is 1. The van der Waals surface area contributed by atoms with Crippen molar-refractivity contribution in [3.8, 4) is 0 Å². The van der Waals surface area contributed by atoms with Crippen molar-refractivity contribution < 1.29 is 14.6 Å². The predicted octanol–water partition coefficient (Wildman–Crippen LogP) is 2.91. The van der Waals surface area contributed by atoms with Gasteiger partial charge in [0.2, 0.25) is 0 Å². The molecule has 106 valence electrons. The van der Waals surface area contributed by atoms with E-state index >= 15 is 0 Å². The van der Waals surface area contributed by atoms with Gasteiger partial charge >= 0.3 is 5.97 Å². The first-order valence-electron chi connectivity index (χ1n) is 6.89. The maximum atomic E-state index is 11.5. The van der Waals surface area contributed by atoms with Crippen molar-refractivity contribution in [1.29, 1.82) is 0 Å². The first-order valence-corrected chi connectivity index (χ1v) is 6.89. The van der Waals surface area contributed by atoms with E-state index in [-0.39, 0.29) is 12.5 Å². The zero-order valence-corrected chi connectivity index (χ0v) is 12.2. The molecule has 0 fully saturated rings. The molecule has 3 heteroatoms. The zero-order chi connectivity index (χ0) is 14.4. The van der Waals surface area contributed by atoms with Crippen molar-refractivity contribution in [1.82, 2.24) is 0 Å². The molecule has 0 saturated heterocycles. The van der Waals surface area contributed by atoms with Gasteiger partial charge < -0.3 is 9.84 Å². The van der Waals surface area contributed by atoms with Gasteiger partial charge in [0.15, 0.2) is 6.10 Å². The number of hydrogen-bond acceptors (Lipinski definition) is 3. The molecule has 1 rings (SSSR count). The van der Waals surface area contributed by atoms with Crippen molar-refractivity contribution >= 4 is 5.97 Å². The van der Waals surface area contributed by atoms with Crippen LogP contribution in [0.4, 0.5) is 0 Å². The minimum absolute atomic E-state index is 0.257. The summed E-state index contributed by atoms with van der Waals surface area (Å²) in [6, 6.07) is 8.07. The second-order valence-electron chi connectivity index (χ2n) is 5.33. The molecule has 0 spiro atoms. The Hall–Kier alpha value is -1.35. The molecule has 0 heterocycles. The molecule has 2 atom stereocenters. The van der Waals surface area contributed by atoms with Gasteiger partial charge in [-0.3, -0.25) is 0 Å². The lowest BCUT2D eigenvalue weighted by Crippen LogP contribution is -2.28. The Morgan fingerprint density at radius 2 is 1.79 bits per heavy atom. The molecule has 0 aromatic heterocycles. The fraction of sp³-hybridized carbons (Fsp3) is 0.562. The smallest absolute Gasteiger partial charge is 0.335 e. The third-order valence-corrected chi connectivity index (χ3v) is 3.15. The fourth-order valence-electron chi connectivity index (χ4n) is 2.04. The molecule has 3 nitrogen and oxygen atoms in total. The largest absolute Gasteiger partial charge is 0.464 e. The van der Waals surface area contributed by atoms with Crippen molar-refractivity contribution in [3.05, 3.63) is 35.4 Å². The van der Waals surface area contributed by atoms with Crippen LogP contribution in [0.5, 0.6) is 0 Å². The Balaban J connectivity index is 2.71. The summed E-state index contributed by atoms with van der Waals surface area (Å²) in [7, 11) is 0. The van der Waals surface area contributed by atoms with Crippen molar-refractivity contribution in [2.45, 2.75) is 46.1 Å². The van der Waals surface area contributed by atoms with E-state index < -0.39 is 12.1 Å². The fourth-order valence-corrected chi connectivity index (χ4v) is 2.04. The lowest BCUT2D eigenvalue weighted by Gasteiger charge is -2.18. The molecular weight excluding hydrogens is 240 g/mol. The van der Waals surface area contributed by atoms with Crippen LogP contribution in [0, 0.1) is 5.92 Å². The molecule has 1 N–H and O–H groups in total. The molecule has 0 aliphatic heterocycles. The molecular formula is C16H24O3. The Morgan fingerprint density at radius 3 is 2.26 bits per heavy atom. The van der Waals surface area contributed by atoms with E-state index in [0.29, 0.717) is 5.92 Å². The summed E-state index contributed by atoms with van der Waals surface area (Å²) >= 11 is 0. The molecule has 0 aliphatic carbocycles. The van der Waals surface area contributed by atoms with Crippen LogP contribution in [0.2, 0.25) is 0 Å². The first kappa shape index (κ1) is 15.7. The first-order chi connectivity index (χ1) is 8.95. The van der Waals surface area contributed by atoms with Crippen LogP contribution in [0.15, 0.2) is 24.3 Å². The summed E-state index contributed by atoms with van der Waals surface area (Å²) in [6.07, 6.45) is -0.0642. The minimum Gasteiger partial charge on any atom is -0.464 e. The highest BCUT2D eigenvalue weighted by molar-refractivity contribution is 5.75. The van der Waals surface area contributed by atoms with Gasteiger partial charge in [0.1, 0.15) is 0 Å². The second kappa shape index (κ2) is 7.29. The molecule has 2 unspecified atom stereocenters. The lowest BCUT2D eigenvalue weighted by molar-refractivity contribution is -0.154. The number of carbonyl (C=O) groups is 1. The number of aliphatic hydroxyl groups excluding tert-OH is 1. The molecule has 0 bridgehead atoms. The van der Waals surface area contributed by atoms with E-state index in [1.807, 2.05) is 19.1 Å². The predicted molar refractivity (Wildman–Crippen MR) is 76.0 cm³/mol. The summed E-state index contributed by atoms with van der Waals surface area (Å²) in [4.78, 5) is 11.5. The van der Waals surface area contributed by atoms with Crippen LogP contribution in [0.25, 0.3) is 0 Å². The van der Waals surface area contributed by atoms with Crippen molar-refractivity contribution in [2.24, 2.45) is 5.92 Å². The summed E-state index contributed by atoms with van der Waals surface area (Å²) < 4.78 is 4.83. The number of benzene rings is 1. The maximum absolute atomic E-state index is 11.5. The van der Waals surface area contributed by atoms with Gasteiger partial charge in [-0.05, 0) is 30.4 Å². The van der Waals surface area contributed by atoms with Gasteiger partial charge in [0, 0.05) is 5.92 Å². The average Bonchev–Trinajstić information content (AvgIpc) is 2.37. The van der Waals surface area contributed by atoms with Gasteiger partial charge in [0.05, 0.1) is 6.61 Å².